The number of benzene rings is 2. The van der Waals surface area contributed by atoms with Crippen LogP contribution in [0.1, 0.15) is 53.3 Å². The van der Waals surface area contributed by atoms with Crippen LogP contribution in [0, 0.1) is 5.82 Å². The highest BCUT2D eigenvalue weighted by molar-refractivity contribution is 7.22. The molecule has 1 aliphatic heterocycles. The molecule has 0 atom stereocenters. The first-order valence-electron chi connectivity index (χ1n) is 12.7. The van der Waals surface area contributed by atoms with E-state index in [4.69, 9.17) is 9.26 Å². The molecular formula is C27H23F4N3O5S. The maximum Gasteiger partial charge on any atom is 0.573 e. The Morgan fingerprint density at radius 2 is 1.90 bits per heavy atom. The van der Waals surface area contributed by atoms with E-state index in [9.17, 15) is 27.5 Å². The van der Waals surface area contributed by atoms with E-state index in [0.717, 1.165) is 18.9 Å². The highest BCUT2D eigenvalue weighted by Crippen LogP contribution is 2.46. The number of hydrogen-bond donors (Lipinski definition) is 1. The summed E-state index contributed by atoms with van der Waals surface area (Å²) in [5.74, 6) is -1.44. The summed E-state index contributed by atoms with van der Waals surface area (Å²) in [5.41, 5.74) is 1.10. The maximum absolute atomic E-state index is 14.4. The standard InChI is InChI=1S/C27H23F4N3O5S/c28-19-11-15(25(35)36)12-21-23(19)32-26(40-21)34-9-7-16(8-10-34)37-13-18-22(33-39-24(18)14-5-6-14)17-3-1-2-4-20(17)38-27(29,30)31/h1-4,11-12,14,16H,5-10,13H2,(H,35,36). The lowest BCUT2D eigenvalue weighted by atomic mass is 10.0. The molecule has 2 aromatic heterocycles. The molecule has 4 aromatic rings. The van der Waals surface area contributed by atoms with Gasteiger partial charge in [-0.05, 0) is 49.9 Å². The van der Waals surface area contributed by atoms with E-state index in [0.29, 0.717) is 47.1 Å². The molecular weight excluding hydrogens is 554 g/mol. The van der Waals surface area contributed by atoms with Gasteiger partial charge in [0.1, 0.15) is 22.7 Å². The molecule has 2 aromatic carbocycles. The van der Waals surface area contributed by atoms with Crippen LogP contribution in [-0.4, -0.2) is 46.8 Å². The largest absolute Gasteiger partial charge is 0.573 e. The molecule has 1 N–H and O–H groups in total. The molecule has 0 bridgehead atoms. The number of fused-ring (bicyclic) bond motifs is 1. The monoisotopic (exact) mass is 577 g/mol. The van der Waals surface area contributed by atoms with Crippen molar-refractivity contribution in [2.24, 2.45) is 0 Å². The Labute approximate surface area is 229 Å². The third-order valence-electron chi connectivity index (χ3n) is 6.99. The first-order chi connectivity index (χ1) is 19.2. The van der Waals surface area contributed by atoms with Gasteiger partial charge in [0.15, 0.2) is 10.9 Å². The minimum atomic E-state index is -4.85. The number of para-hydroxylation sites is 1. The zero-order chi connectivity index (χ0) is 28.0. The van der Waals surface area contributed by atoms with E-state index < -0.39 is 18.1 Å². The molecule has 210 valence electrons. The van der Waals surface area contributed by atoms with Crippen molar-refractivity contribution in [2.75, 3.05) is 18.0 Å². The van der Waals surface area contributed by atoms with Gasteiger partial charge >= 0.3 is 12.3 Å². The number of alkyl halides is 3. The summed E-state index contributed by atoms with van der Waals surface area (Å²) < 4.78 is 70.0. The molecule has 0 spiro atoms. The lowest BCUT2D eigenvalue weighted by Gasteiger charge is -2.31. The summed E-state index contributed by atoms with van der Waals surface area (Å²) >= 11 is 1.24. The Morgan fingerprint density at radius 1 is 1.15 bits per heavy atom. The molecule has 2 fully saturated rings. The van der Waals surface area contributed by atoms with Crippen LogP contribution in [0.25, 0.3) is 21.5 Å². The smallest absolute Gasteiger partial charge is 0.478 e. The van der Waals surface area contributed by atoms with Crippen LogP contribution in [0.5, 0.6) is 5.75 Å². The van der Waals surface area contributed by atoms with Crippen LogP contribution >= 0.6 is 11.3 Å². The SMILES string of the molecule is O=C(O)c1cc(F)c2nc(N3CCC(OCc4c(-c5ccccc5OC(F)(F)F)noc4C4CC4)CC3)sc2c1. The molecule has 1 aliphatic carbocycles. The van der Waals surface area contributed by atoms with Gasteiger partial charge in [0.2, 0.25) is 0 Å². The number of thiazole rings is 1. The molecule has 40 heavy (non-hydrogen) atoms. The van der Waals surface area contributed by atoms with Gasteiger partial charge in [-0.1, -0.05) is 28.6 Å². The van der Waals surface area contributed by atoms with Crippen molar-refractivity contribution in [3.8, 4) is 17.0 Å². The summed E-state index contributed by atoms with van der Waals surface area (Å²) in [6.45, 7) is 1.30. The van der Waals surface area contributed by atoms with Crippen molar-refractivity contribution < 1.29 is 41.5 Å². The van der Waals surface area contributed by atoms with Gasteiger partial charge in [-0.15, -0.1) is 13.2 Å². The average molecular weight is 578 g/mol. The van der Waals surface area contributed by atoms with Crippen molar-refractivity contribution in [1.29, 1.82) is 0 Å². The summed E-state index contributed by atoms with van der Waals surface area (Å²) in [6.07, 6.45) is -1.86. The van der Waals surface area contributed by atoms with Crippen LogP contribution in [-0.2, 0) is 11.3 Å². The lowest BCUT2D eigenvalue weighted by Crippen LogP contribution is -2.37. The molecule has 1 saturated heterocycles. The molecule has 0 unspecified atom stereocenters. The Balaban J connectivity index is 1.15. The number of piperidine rings is 1. The molecule has 0 amide bonds. The van der Waals surface area contributed by atoms with Gasteiger partial charge in [-0.3, -0.25) is 0 Å². The Kier molecular flexibility index (Phi) is 6.87. The number of nitrogens with zero attached hydrogens (tertiary/aromatic N) is 3. The lowest BCUT2D eigenvalue weighted by molar-refractivity contribution is -0.274. The van der Waals surface area contributed by atoms with Crippen molar-refractivity contribution in [2.45, 2.75) is 50.7 Å². The zero-order valence-electron chi connectivity index (χ0n) is 20.9. The predicted octanol–water partition coefficient (Wildman–Crippen LogP) is 6.75. The number of aromatic nitrogens is 2. The number of carbonyl (C=O) groups is 1. The van der Waals surface area contributed by atoms with Crippen molar-refractivity contribution >= 4 is 32.7 Å². The molecule has 13 heteroatoms. The second kappa shape index (κ2) is 10.4. The molecule has 0 radical (unpaired) electrons. The molecule has 6 rings (SSSR count). The van der Waals surface area contributed by atoms with E-state index >= 15 is 0 Å². The van der Waals surface area contributed by atoms with Gasteiger partial charge in [0, 0.05) is 30.1 Å². The molecule has 3 heterocycles. The summed E-state index contributed by atoms with van der Waals surface area (Å²) in [4.78, 5) is 17.7. The fraction of sp³-hybridized carbons (Fsp3) is 0.370. The number of halogens is 4. The molecule has 1 saturated carbocycles. The Bertz CT molecular complexity index is 1560. The number of hydrogen-bond acceptors (Lipinski definition) is 8. The minimum Gasteiger partial charge on any atom is -0.478 e. The first-order valence-corrected chi connectivity index (χ1v) is 13.5. The summed E-state index contributed by atoms with van der Waals surface area (Å²) in [7, 11) is 0. The quantitative estimate of drug-likeness (QED) is 0.230. The zero-order valence-corrected chi connectivity index (χ0v) is 21.7. The Hall–Kier alpha value is -3.71. The van der Waals surface area contributed by atoms with E-state index in [1.807, 2.05) is 4.90 Å². The third kappa shape index (κ3) is 5.48. The van der Waals surface area contributed by atoms with Gasteiger partial charge < -0.3 is 24.0 Å². The summed E-state index contributed by atoms with van der Waals surface area (Å²) in [5, 5.41) is 13.9. The van der Waals surface area contributed by atoms with Crippen LogP contribution in [0.15, 0.2) is 40.9 Å². The maximum atomic E-state index is 14.4. The summed E-state index contributed by atoms with van der Waals surface area (Å²) in [6, 6.07) is 8.21. The van der Waals surface area contributed by atoms with Crippen LogP contribution in [0.4, 0.5) is 22.7 Å². The van der Waals surface area contributed by atoms with Crippen LogP contribution in [0.3, 0.4) is 0 Å². The highest BCUT2D eigenvalue weighted by atomic mass is 32.1. The van der Waals surface area contributed by atoms with Gasteiger partial charge in [-0.2, -0.15) is 0 Å². The first kappa shape index (κ1) is 26.5. The van der Waals surface area contributed by atoms with E-state index in [-0.39, 0.29) is 46.7 Å². The topological polar surface area (TPSA) is 97.9 Å². The average Bonchev–Trinajstić information content (AvgIpc) is 3.52. The normalized spacial score (nSPS) is 16.6. The number of ether oxygens (including phenoxy) is 2. The van der Waals surface area contributed by atoms with Crippen molar-refractivity contribution in [3.63, 3.8) is 0 Å². The van der Waals surface area contributed by atoms with Crippen molar-refractivity contribution in [3.05, 3.63) is 59.1 Å². The predicted molar refractivity (Wildman–Crippen MR) is 137 cm³/mol. The second-order valence-corrected chi connectivity index (χ2v) is 10.8. The van der Waals surface area contributed by atoms with Gasteiger partial charge in [0.05, 0.1) is 23.0 Å². The fourth-order valence-electron chi connectivity index (χ4n) is 4.87. The number of aromatic carboxylic acids is 1. The second-order valence-electron chi connectivity index (χ2n) is 9.80. The number of carboxylic acids is 1. The highest BCUT2D eigenvalue weighted by Gasteiger charge is 2.36. The van der Waals surface area contributed by atoms with Crippen LogP contribution in [0.2, 0.25) is 0 Å². The number of anilines is 1. The third-order valence-corrected chi connectivity index (χ3v) is 8.06. The fourth-order valence-corrected chi connectivity index (χ4v) is 5.94. The Morgan fingerprint density at radius 3 is 2.60 bits per heavy atom. The molecule has 8 nitrogen and oxygen atoms in total. The van der Waals surface area contributed by atoms with Crippen molar-refractivity contribution in [1.82, 2.24) is 10.1 Å². The van der Waals surface area contributed by atoms with E-state index in [2.05, 4.69) is 14.9 Å². The van der Waals surface area contributed by atoms with E-state index in [1.165, 1.54) is 35.6 Å². The van der Waals surface area contributed by atoms with Gasteiger partial charge in [0.25, 0.3) is 0 Å². The number of carboxylic acid groups (broad SMARTS) is 1. The number of rotatable bonds is 8. The van der Waals surface area contributed by atoms with Gasteiger partial charge in [-0.25, -0.2) is 14.2 Å². The minimum absolute atomic E-state index is 0.125. The molecule has 2 aliphatic rings. The van der Waals surface area contributed by atoms with Crippen LogP contribution < -0.4 is 9.64 Å². The van der Waals surface area contributed by atoms with E-state index in [1.54, 1.807) is 6.07 Å².